The third kappa shape index (κ3) is 5.90. The van der Waals surface area contributed by atoms with E-state index in [1.54, 1.807) is 48.5 Å². The lowest BCUT2D eigenvalue weighted by molar-refractivity contribution is -0.142. The highest BCUT2D eigenvalue weighted by Gasteiger charge is 2.10. The number of esters is 1. The normalized spacial score (nSPS) is 10.5. The van der Waals surface area contributed by atoms with E-state index in [2.05, 4.69) is 10.1 Å². The molecule has 0 unspecified atom stereocenters. The van der Waals surface area contributed by atoms with Crippen LogP contribution in [0, 0.1) is 11.3 Å². The lowest BCUT2D eigenvalue weighted by Gasteiger charge is -2.07. The first-order chi connectivity index (χ1) is 13.0. The van der Waals surface area contributed by atoms with Crippen molar-refractivity contribution in [2.24, 2.45) is 0 Å². The predicted molar refractivity (Wildman–Crippen MR) is 99.2 cm³/mol. The van der Waals surface area contributed by atoms with Crippen molar-refractivity contribution >= 4 is 23.6 Å². The number of hydrogen-bond acceptors (Lipinski definition) is 6. The molecule has 0 fully saturated rings. The average Bonchev–Trinajstić information content (AvgIpc) is 2.71. The number of methoxy groups -OCH3 is 2. The fourth-order valence-corrected chi connectivity index (χ4v) is 2.08. The van der Waals surface area contributed by atoms with Crippen LogP contribution in [0.2, 0.25) is 0 Å². The molecule has 2 aromatic carbocycles. The molecule has 1 amide bonds. The molecular weight excluding hydrogens is 348 g/mol. The molecule has 2 rings (SSSR count). The van der Waals surface area contributed by atoms with E-state index < -0.39 is 11.9 Å². The van der Waals surface area contributed by atoms with Crippen LogP contribution in [0.1, 0.15) is 5.56 Å². The van der Waals surface area contributed by atoms with E-state index in [1.165, 1.54) is 20.3 Å². The van der Waals surface area contributed by atoms with Crippen LogP contribution in [0.25, 0.3) is 6.08 Å². The lowest BCUT2D eigenvalue weighted by atomic mass is 10.1. The molecule has 7 nitrogen and oxygen atoms in total. The molecule has 0 heterocycles. The fraction of sp³-hybridized carbons (Fsp3) is 0.150. The van der Waals surface area contributed by atoms with E-state index in [0.29, 0.717) is 22.7 Å². The minimum atomic E-state index is -0.531. The number of ether oxygens (including phenoxy) is 3. The molecule has 0 saturated heterocycles. The maximum atomic E-state index is 12.3. The minimum absolute atomic E-state index is 0.0546. The predicted octanol–water partition coefficient (Wildman–Crippen LogP) is 2.79. The van der Waals surface area contributed by atoms with E-state index in [9.17, 15) is 14.9 Å². The van der Waals surface area contributed by atoms with Gasteiger partial charge >= 0.3 is 5.97 Å². The second-order valence-corrected chi connectivity index (χ2v) is 5.29. The number of nitriles is 1. The van der Waals surface area contributed by atoms with Gasteiger partial charge in [0, 0.05) is 11.8 Å². The van der Waals surface area contributed by atoms with E-state index in [4.69, 9.17) is 9.47 Å². The number of carbonyl (C=O) groups is 2. The van der Waals surface area contributed by atoms with Crippen LogP contribution in [0.15, 0.2) is 54.1 Å². The van der Waals surface area contributed by atoms with Gasteiger partial charge in [0.05, 0.1) is 14.2 Å². The summed E-state index contributed by atoms with van der Waals surface area (Å²) in [6, 6.07) is 15.3. The van der Waals surface area contributed by atoms with Crippen LogP contribution in [0.3, 0.4) is 0 Å². The van der Waals surface area contributed by atoms with Gasteiger partial charge in [-0.1, -0.05) is 18.2 Å². The minimum Gasteiger partial charge on any atom is -0.497 e. The molecule has 138 valence electrons. The van der Waals surface area contributed by atoms with Gasteiger partial charge in [-0.3, -0.25) is 4.79 Å². The highest BCUT2D eigenvalue weighted by molar-refractivity contribution is 6.09. The Hall–Kier alpha value is -3.79. The monoisotopic (exact) mass is 366 g/mol. The highest BCUT2D eigenvalue weighted by atomic mass is 16.6. The van der Waals surface area contributed by atoms with Gasteiger partial charge in [-0.2, -0.15) is 5.26 Å². The standard InChI is InChI=1S/C20H18N2O5/c1-25-18-5-3-4-16(11-18)22-20(24)15(12-21)10-14-6-8-17(9-7-14)27-13-19(23)26-2/h3-11H,13H2,1-2H3,(H,22,24)/b15-10+. The number of nitrogens with zero attached hydrogens (tertiary/aromatic N) is 1. The highest BCUT2D eigenvalue weighted by Crippen LogP contribution is 2.18. The van der Waals surface area contributed by atoms with Crippen molar-refractivity contribution in [3.63, 3.8) is 0 Å². The zero-order valence-corrected chi connectivity index (χ0v) is 14.9. The molecule has 7 heteroatoms. The van der Waals surface area contributed by atoms with Crippen LogP contribution in [0.4, 0.5) is 5.69 Å². The summed E-state index contributed by atoms with van der Waals surface area (Å²) in [7, 11) is 2.81. The van der Waals surface area contributed by atoms with E-state index in [1.807, 2.05) is 6.07 Å². The number of hydrogen-bond donors (Lipinski definition) is 1. The molecule has 0 radical (unpaired) electrons. The number of benzene rings is 2. The first-order valence-corrected chi connectivity index (χ1v) is 7.92. The molecule has 0 aromatic heterocycles. The van der Waals surface area contributed by atoms with E-state index in [0.717, 1.165) is 0 Å². The van der Waals surface area contributed by atoms with Crippen LogP contribution in [-0.2, 0) is 14.3 Å². The Bertz CT molecular complexity index is 882. The lowest BCUT2D eigenvalue weighted by Crippen LogP contribution is -2.13. The van der Waals surface area contributed by atoms with E-state index >= 15 is 0 Å². The van der Waals surface area contributed by atoms with Crippen LogP contribution < -0.4 is 14.8 Å². The Morgan fingerprint density at radius 2 is 1.85 bits per heavy atom. The van der Waals surface area contributed by atoms with Crippen molar-refractivity contribution in [2.45, 2.75) is 0 Å². The number of carbonyl (C=O) groups excluding carboxylic acids is 2. The summed E-state index contributed by atoms with van der Waals surface area (Å²) in [4.78, 5) is 23.4. The fourth-order valence-electron chi connectivity index (χ4n) is 2.08. The zero-order valence-electron chi connectivity index (χ0n) is 14.9. The molecule has 0 atom stereocenters. The van der Waals surface area contributed by atoms with Gasteiger partial charge in [-0.15, -0.1) is 0 Å². The van der Waals surface area contributed by atoms with Gasteiger partial charge in [0.25, 0.3) is 5.91 Å². The molecule has 0 saturated carbocycles. The van der Waals surface area contributed by atoms with Gasteiger partial charge in [-0.05, 0) is 35.9 Å². The van der Waals surface area contributed by atoms with Gasteiger partial charge in [0.15, 0.2) is 6.61 Å². The first-order valence-electron chi connectivity index (χ1n) is 7.92. The second-order valence-electron chi connectivity index (χ2n) is 5.29. The number of rotatable bonds is 7. The van der Waals surface area contributed by atoms with Crippen LogP contribution >= 0.6 is 0 Å². The summed E-state index contributed by atoms with van der Waals surface area (Å²) in [5.41, 5.74) is 1.10. The number of amides is 1. The van der Waals surface area contributed by atoms with Crippen molar-refractivity contribution in [1.29, 1.82) is 5.26 Å². The molecular formula is C20H18N2O5. The van der Waals surface area contributed by atoms with Crippen molar-refractivity contribution in [3.05, 3.63) is 59.7 Å². The molecule has 1 N–H and O–H groups in total. The summed E-state index contributed by atoms with van der Waals surface area (Å²) in [5, 5.41) is 11.9. The molecule has 0 bridgehead atoms. The third-order valence-corrected chi connectivity index (χ3v) is 3.47. The van der Waals surface area contributed by atoms with Crippen molar-refractivity contribution < 1.29 is 23.8 Å². The van der Waals surface area contributed by atoms with Gasteiger partial charge in [-0.25, -0.2) is 4.79 Å². The number of nitrogens with one attached hydrogen (secondary N) is 1. The van der Waals surface area contributed by atoms with Gasteiger partial charge in [0.1, 0.15) is 23.1 Å². The smallest absolute Gasteiger partial charge is 0.343 e. The maximum Gasteiger partial charge on any atom is 0.343 e. The first kappa shape index (κ1) is 19.5. The topological polar surface area (TPSA) is 97.7 Å². The summed E-state index contributed by atoms with van der Waals surface area (Å²) in [6.07, 6.45) is 1.46. The Kier molecular flexibility index (Phi) is 6.97. The molecule has 0 aliphatic carbocycles. The van der Waals surface area contributed by atoms with Gasteiger partial charge < -0.3 is 19.5 Å². The zero-order chi connectivity index (χ0) is 19.6. The Balaban J connectivity index is 2.07. The van der Waals surface area contributed by atoms with Crippen LogP contribution in [0.5, 0.6) is 11.5 Å². The summed E-state index contributed by atoms with van der Waals surface area (Å²) < 4.78 is 14.8. The Labute approximate surface area is 156 Å². The maximum absolute atomic E-state index is 12.3. The summed E-state index contributed by atoms with van der Waals surface area (Å²) in [5.74, 6) is 0.0476. The van der Waals surface area contributed by atoms with Gasteiger partial charge in [0.2, 0.25) is 0 Å². The molecule has 2 aromatic rings. The quantitative estimate of drug-likeness (QED) is 0.460. The second kappa shape index (κ2) is 9.63. The van der Waals surface area contributed by atoms with Crippen LogP contribution in [-0.4, -0.2) is 32.7 Å². The molecule has 27 heavy (non-hydrogen) atoms. The Morgan fingerprint density at radius 3 is 2.48 bits per heavy atom. The van der Waals surface area contributed by atoms with Crippen molar-refractivity contribution in [2.75, 3.05) is 26.1 Å². The molecule has 0 aliphatic rings. The average molecular weight is 366 g/mol. The SMILES string of the molecule is COC(=O)COc1ccc(/C=C(\C#N)C(=O)Nc2cccc(OC)c2)cc1. The summed E-state index contributed by atoms with van der Waals surface area (Å²) >= 11 is 0. The molecule has 0 spiro atoms. The van der Waals surface area contributed by atoms with Crippen molar-refractivity contribution in [3.8, 4) is 17.6 Å². The van der Waals surface area contributed by atoms with Crippen molar-refractivity contribution in [1.82, 2.24) is 0 Å². The largest absolute Gasteiger partial charge is 0.497 e. The molecule has 0 aliphatic heterocycles. The number of anilines is 1. The third-order valence-electron chi connectivity index (χ3n) is 3.47. The van der Waals surface area contributed by atoms with E-state index in [-0.39, 0.29) is 12.2 Å². The summed E-state index contributed by atoms with van der Waals surface area (Å²) in [6.45, 7) is -0.196. The Morgan fingerprint density at radius 1 is 1.11 bits per heavy atom.